The molecule has 0 spiro atoms. The van der Waals surface area contributed by atoms with Gasteiger partial charge < -0.3 is 5.32 Å². The van der Waals surface area contributed by atoms with Gasteiger partial charge in [-0.05, 0) is 35.7 Å². The number of hydrogen-bond acceptors (Lipinski definition) is 5. The van der Waals surface area contributed by atoms with Crippen LogP contribution in [0.5, 0.6) is 0 Å². The Morgan fingerprint density at radius 2 is 1.59 bits per heavy atom. The van der Waals surface area contributed by atoms with Crippen LogP contribution < -0.4 is 10.0 Å². The average molecular weight is 466 g/mol. The van der Waals surface area contributed by atoms with E-state index in [0.29, 0.717) is 17.6 Å². The molecule has 0 unspecified atom stereocenters. The number of thiazole rings is 1. The van der Waals surface area contributed by atoms with E-state index >= 15 is 0 Å². The first kappa shape index (κ1) is 22.0. The van der Waals surface area contributed by atoms with Gasteiger partial charge in [-0.2, -0.15) is 0 Å². The maximum atomic E-state index is 12.7. The van der Waals surface area contributed by atoms with Crippen molar-refractivity contribution in [3.05, 3.63) is 95.6 Å². The summed E-state index contributed by atoms with van der Waals surface area (Å²) in [7, 11) is -3.40. The van der Waals surface area contributed by atoms with Crippen LogP contribution in [0.1, 0.15) is 33.8 Å². The molecular weight excluding hydrogens is 442 g/mol. The first-order valence-corrected chi connectivity index (χ1v) is 12.9. The Morgan fingerprint density at radius 1 is 0.969 bits per heavy atom. The number of carbonyl (C=O) groups is 1. The summed E-state index contributed by atoms with van der Waals surface area (Å²) in [5.41, 5.74) is 3.59. The van der Waals surface area contributed by atoms with Crippen LogP contribution in [-0.4, -0.2) is 32.1 Å². The van der Waals surface area contributed by atoms with Crippen molar-refractivity contribution >= 4 is 42.6 Å². The number of amides is 1. The summed E-state index contributed by atoms with van der Waals surface area (Å²) in [5.74, 6) is 0.0177. The summed E-state index contributed by atoms with van der Waals surface area (Å²) in [6, 6.07) is 25.7. The second-order valence-corrected chi connectivity index (χ2v) is 10.3. The lowest BCUT2D eigenvalue weighted by molar-refractivity contribution is 0.0953. The molecule has 0 atom stereocenters. The molecule has 0 aliphatic rings. The molecule has 0 saturated carbocycles. The number of fused-ring (bicyclic) bond motifs is 1. The van der Waals surface area contributed by atoms with Gasteiger partial charge in [-0.3, -0.25) is 9.52 Å². The van der Waals surface area contributed by atoms with Crippen molar-refractivity contribution in [2.24, 2.45) is 0 Å². The molecule has 0 radical (unpaired) electrons. The van der Waals surface area contributed by atoms with Gasteiger partial charge in [-0.25, -0.2) is 13.4 Å². The molecule has 4 rings (SSSR count). The zero-order chi connectivity index (χ0) is 22.6. The maximum Gasteiger partial charge on any atom is 0.251 e. The Morgan fingerprint density at radius 3 is 2.19 bits per heavy atom. The number of carbonyl (C=O) groups excluding carboxylic acids is 1. The van der Waals surface area contributed by atoms with Gasteiger partial charge in [0, 0.05) is 18.0 Å². The highest BCUT2D eigenvalue weighted by molar-refractivity contribution is 7.92. The van der Waals surface area contributed by atoms with Crippen LogP contribution in [0, 0.1) is 0 Å². The van der Waals surface area contributed by atoms with Gasteiger partial charge in [-0.15, -0.1) is 0 Å². The van der Waals surface area contributed by atoms with E-state index < -0.39 is 10.0 Å². The number of rotatable bonds is 8. The molecule has 0 saturated heterocycles. The molecule has 0 aliphatic carbocycles. The Labute approximate surface area is 191 Å². The van der Waals surface area contributed by atoms with Gasteiger partial charge in [0.15, 0.2) is 5.13 Å². The molecule has 4 aromatic rings. The molecule has 6 nitrogen and oxygen atoms in total. The van der Waals surface area contributed by atoms with Crippen molar-refractivity contribution < 1.29 is 13.2 Å². The van der Waals surface area contributed by atoms with Crippen LogP contribution in [0.4, 0.5) is 5.13 Å². The topological polar surface area (TPSA) is 88.2 Å². The third-order valence-electron chi connectivity index (χ3n) is 5.05. The summed E-state index contributed by atoms with van der Waals surface area (Å²) in [6.07, 6.45) is 1.85. The van der Waals surface area contributed by atoms with Crippen LogP contribution in [0.25, 0.3) is 10.2 Å². The van der Waals surface area contributed by atoms with Crippen LogP contribution in [-0.2, 0) is 10.0 Å². The molecule has 1 amide bonds. The highest BCUT2D eigenvalue weighted by Crippen LogP contribution is 2.28. The van der Waals surface area contributed by atoms with Gasteiger partial charge in [-0.1, -0.05) is 72.0 Å². The van der Waals surface area contributed by atoms with Crippen LogP contribution in [0.15, 0.2) is 78.9 Å². The zero-order valence-corrected chi connectivity index (χ0v) is 19.1. The van der Waals surface area contributed by atoms with Gasteiger partial charge in [0.05, 0.1) is 16.5 Å². The first-order valence-electron chi connectivity index (χ1n) is 10.2. The number of aromatic nitrogens is 1. The Bertz CT molecular complexity index is 1280. The van der Waals surface area contributed by atoms with Crippen molar-refractivity contribution in [2.45, 2.75) is 12.3 Å². The predicted molar refractivity (Wildman–Crippen MR) is 130 cm³/mol. The number of nitrogens with zero attached hydrogens (tertiary/aromatic N) is 1. The number of anilines is 1. The van der Waals surface area contributed by atoms with E-state index in [1.807, 2.05) is 36.4 Å². The van der Waals surface area contributed by atoms with E-state index in [2.05, 4.69) is 39.3 Å². The summed E-state index contributed by atoms with van der Waals surface area (Å²) < 4.78 is 26.0. The SMILES string of the molecule is CS(=O)(=O)Nc1nc2ccc(C(=O)NCCC(c3ccccc3)c3ccccc3)cc2s1. The van der Waals surface area contributed by atoms with E-state index in [-0.39, 0.29) is 17.0 Å². The van der Waals surface area contributed by atoms with E-state index in [1.165, 1.54) is 22.5 Å². The minimum Gasteiger partial charge on any atom is -0.352 e. The molecule has 0 fully saturated rings. The van der Waals surface area contributed by atoms with Gasteiger partial charge in [0.2, 0.25) is 10.0 Å². The van der Waals surface area contributed by atoms with Crippen molar-refractivity contribution in [2.75, 3.05) is 17.5 Å². The lowest BCUT2D eigenvalue weighted by Crippen LogP contribution is -2.25. The van der Waals surface area contributed by atoms with Crippen molar-refractivity contribution in [1.82, 2.24) is 10.3 Å². The monoisotopic (exact) mass is 465 g/mol. The second kappa shape index (κ2) is 9.50. The van der Waals surface area contributed by atoms with E-state index in [9.17, 15) is 13.2 Å². The number of nitrogens with one attached hydrogen (secondary N) is 2. The predicted octanol–water partition coefficient (Wildman–Crippen LogP) is 4.62. The standard InChI is InChI=1S/C24H23N3O3S2/c1-32(29,30)27-24-26-21-13-12-19(16-22(21)31-24)23(28)25-15-14-20(17-8-4-2-5-9-17)18-10-6-3-7-11-18/h2-13,16,20H,14-15H2,1H3,(H,25,28)(H,26,27). The normalized spacial score (nSPS) is 11.6. The quantitative estimate of drug-likeness (QED) is 0.397. The van der Waals surface area contributed by atoms with Gasteiger partial charge >= 0.3 is 0 Å². The molecule has 32 heavy (non-hydrogen) atoms. The van der Waals surface area contributed by atoms with Crippen molar-refractivity contribution in [1.29, 1.82) is 0 Å². The third-order valence-corrected chi connectivity index (χ3v) is 6.67. The molecule has 0 bridgehead atoms. The smallest absolute Gasteiger partial charge is 0.251 e. The third kappa shape index (κ3) is 5.52. The molecular formula is C24H23N3O3S2. The average Bonchev–Trinajstić information content (AvgIpc) is 3.17. The molecule has 3 aromatic carbocycles. The minimum absolute atomic E-state index is 0.169. The second-order valence-electron chi connectivity index (χ2n) is 7.49. The van der Waals surface area contributed by atoms with Gasteiger partial charge in [0.1, 0.15) is 0 Å². The maximum absolute atomic E-state index is 12.7. The largest absolute Gasteiger partial charge is 0.352 e. The van der Waals surface area contributed by atoms with Crippen molar-refractivity contribution in [3.63, 3.8) is 0 Å². The van der Waals surface area contributed by atoms with Crippen LogP contribution >= 0.6 is 11.3 Å². The summed E-state index contributed by atoms with van der Waals surface area (Å²) in [5, 5.41) is 3.30. The summed E-state index contributed by atoms with van der Waals surface area (Å²) in [6.45, 7) is 0.523. The highest BCUT2D eigenvalue weighted by Gasteiger charge is 2.15. The Balaban J connectivity index is 1.45. The Kier molecular flexibility index (Phi) is 6.53. The zero-order valence-electron chi connectivity index (χ0n) is 17.5. The summed E-state index contributed by atoms with van der Waals surface area (Å²) in [4.78, 5) is 17.0. The molecule has 0 aliphatic heterocycles. The first-order chi connectivity index (χ1) is 15.4. The lowest BCUT2D eigenvalue weighted by Gasteiger charge is -2.18. The lowest BCUT2D eigenvalue weighted by atomic mass is 9.88. The minimum atomic E-state index is -3.40. The molecule has 1 heterocycles. The highest BCUT2D eigenvalue weighted by atomic mass is 32.2. The Hall–Kier alpha value is -3.23. The fourth-order valence-electron chi connectivity index (χ4n) is 3.60. The number of sulfonamides is 1. The molecule has 1 aromatic heterocycles. The molecule has 8 heteroatoms. The van der Waals surface area contributed by atoms with Crippen molar-refractivity contribution in [3.8, 4) is 0 Å². The van der Waals surface area contributed by atoms with Gasteiger partial charge in [0.25, 0.3) is 5.91 Å². The summed E-state index contributed by atoms with van der Waals surface area (Å²) >= 11 is 1.20. The van der Waals surface area contributed by atoms with Crippen LogP contribution in [0.2, 0.25) is 0 Å². The van der Waals surface area contributed by atoms with E-state index in [0.717, 1.165) is 17.4 Å². The fraction of sp³-hybridized carbons (Fsp3) is 0.167. The fourth-order valence-corrected chi connectivity index (χ4v) is 5.34. The number of benzene rings is 3. The molecule has 2 N–H and O–H groups in total. The molecule has 164 valence electrons. The van der Waals surface area contributed by atoms with E-state index in [1.54, 1.807) is 18.2 Å². The van der Waals surface area contributed by atoms with E-state index in [4.69, 9.17) is 0 Å². The van der Waals surface area contributed by atoms with Crippen LogP contribution in [0.3, 0.4) is 0 Å². The number of hydrogen-bond donors (Lipinski definition) is 2.